The smallest absolute Gasteiger partial charge is 0.247 e. The standard InChI is InChI=1S/C47H60N2O5/c1-12-15-26(42(53)48-13-2)16-14-20-45(9)32-18-17-27-22-30-29-23-28-31-24-43(5,6)54-44(7,8)36(31)39(51)34(28)35-38(29)49(37(25(3)4)40(35)52)41(30)47(27,11)46(32,10)21-19-33(45)50/h12,14,16,20,23-24,27,32-33,36-37,39,50-51H,1,3,13,15,17-19,21-22H2,2,4-11H3,(H,48,53)/b20-14+,26-16+/t27?,32-,33-,36?,37-,39+,45-,46-,47+/m0/s1. The Morgan fingerprint density at radius 1 is 1.11 bits per heavy atom. The number of hydrogen-bond acceptors (Lipinski definition) is 5. The van der Waals surface area contributed by atoms with Crippen molar-refractivity contribution in [3.63, 3.8) is 0 Å². The van der Waals surface area contributed by atoms with Gasteiger partial charge in [0.1, 0.15) is 6.04 Å². The molecule has 7 heteroatoms. The molecule has 2 unspecified atom stereocenters. The van der Waals surface area contributed by atoms with Gasteiger partial charge >= 0.3 is 0 Å². The maximum Gasteiger partial charge on any atom is 0.247 e. The van der Waals surface area contributed by atoms with Gasteiger partial charge in [0.05, 0.1) is 34.5 Å². The van der Waals surface area contributed by atoms with Crippen molar-refractivity contribution in [2.24, 2.45) is 28.6 Å². The van der Waals surface area contributed by atoms with Gasteiger partial charge in [-0.3, -0.25) is 9.59 Å². The van der Waals surface area contributed by atoms with Crippen molar-refractivity contribution in [3.05, 3.63) is 88.7 Å². The number of amides is 1. The second-order valence-electron chi connectivity index (χ2n) is 19.2. The number of carbonyl (C=O) groups is 2. The highest BCUT2D eigenvalue weighted by Gasteiger charge is 2.67. The summed E-state index contributed by atoms with van der Waals surface area (Å²) in [7, 11) is 0. The number of aliphatic hydroxyl groups excluding tert-OH is 2. The van der Waals surface area contributed by atoms with Crippen LogP contribution >= 0.6 is 0 Å². The minimum atomic E-state index is -0.857. The summed E-state index contributed by atoms with van der Waals surface area (Å²) < 4.78 is 8.91. The van der Waals surface area contributed by atoms with Gasteiger partial charge in [-0.2, -0.15) is 0 Å². The maximum atomic E-state index is 14.9. The van der Waals surface area contributed by atoms with Gasteiger partial charge in [-0.1, -0.05) is 57.2 Å². The third-order valence-electron chi connectivity index (χ3n) is 15.4. The van der Waals surface area contributed by atoms with Crippen LogP contribution < -0.4 is 5.32 Å². The highest BCUT2D eigenvalue weighted by Crippen LogP contribution is 2.71. The molecule has 9 atom stereocenters. The van der Waals surface area contributed by atoms with Crippen LogP contribution in [0.2, 0.25) is 0 Å². The first kappa shape index (κ1) is 37.4. The quantitative estimate of drug-likeness (QED) is 0.150. The van der Waals surface area contributed by atoms with E-state index in [1.807, 2.05) is 26.0 Å². The lowest BCUT2D eigenvalue weighted by Gasteiger charge is -2.64. The molecule has 54 heavy (non-hydrogen) atoms. The largest absolute Gasteiger partial charge is 0.392 e. The molecule has 0 spiro atoms. The molecule has 3 N–H and O–H groups in total. The number of benzene rings is 1. The molecule has 0 bridgehead atoms. The van der Waals surface area contributed by atoms with E-state index in [1.165, 1.54) is 11.3 Å². The number of Topliss-reactive ketones (excluding diaryl/α,β-unsaturated/α-hetero) is 1. The van der Waals surface area contributed by atoms with Crippen LogP contribution in [0.3, 0.4) is 0 Å². The van der Waals surface area contributed by atoms with Crippen LogP contribution in [0.4, 0.5) is 0 Å². The molecule has 0 radical (unpaired) electrons. The predicted molar refractivity (Wildman–Crippen MR) is 215 cm³/mol. The molecule has 2 aromatic rings. The molecule has 2 saturated carbocycles. The summed E-state index contributed by atoms with van der Waals surface area (Å²) in [6.07, 6.45) is 13.5. The average Bonchev–Trinajstić information content (AvgIpc) is 3.75. The summed E-state index contributed by atoms with van der Waals surface area (Å²) in [5.74, 6) is 0.205. The number of likely N-dealkylation sites (N-methyl/N-ethyl adjacent to an activating group) is 1. The fourth-order valence-electron chi connectivity index (χ4n) is 13.1. The highest BCUT2D eigenvalue weighted by molar-refractivity contribution is 6.18. The van der Waals surface area contributed by atoms with E-state index in [0.29, 0.717) is 36.4 Å². The summed E-state index contributed by atoms with van der Waals surface area (Å²) in [5.41, 5.74) is 6.37. The van der Waals surface area contributed by atoms with Gasteiger partial charge in [0.25, 0.3) is 0 Å². The van der Waals surface area contributed by atoms with Gasteiger partial charge in [0.15, 0.2) is 5.78 Å². The number of ether oxygens (including phenoxy) is 1. The van der Waals surface area contributed by atoms with Crippen molar-refractivity contribution in [2.45, 2.75) is 136 Å². The minimum absolute atomic E-state index is 0.0315. The summed E-state index contributed by atoms with van der Waals surface area (Å²) in [4.78, 5) is 27.7. The third-order valence-corrected chi connectivity index (χ3v) is 15.4. The Balaban J connectivity index is 1.31. The van der Waals surface area contributed by atoms with Gasteiger partial charge in [-0.25, -0.2) is 0 Å². The van der Waals surface area contributed by atoms with Gasteiger partial charge in [-0.05, 0) is 126 Å². The van der Waals surface area contributed by atoms with Crippen LogP contribution in [0.15, 0.2) is 60.8 Å². The number of aliphatic hydroxyl groups is 2. The lowest BCUT2D eigenvalue weighted by molar-refractivity contribution is -0.144. The second-order valence-corrected chi connectivity index (χ2v) is 19.2. The molecule has 3 heterocycles. The van der Waals surface area contributed by atoms with E-state index in [9.17, 15) is 19.8 Å². The van der Waals surface area contributed by atoms with Crippen LogP contribution in [0.5, 0.6) is 0 Å². The van der Waals surface area contributed by atoms with E-state index in [-0.39, 0.29) is 34.4 Å². The molecule has 1 aromatic carbocycles. The Morgan fingerprint density at radius 3 is 2.50 bits per heavy atom. The molecule has 288 valence electrons. The molecular formula is C47H60N2O5. The topological polar surface area (TPSA) is 101 Å². The zero-order chi connectivity index (χ0) is 39.1. The molecule has 4 aliphatic carbocycles. The highest BCUT2D eigenvalue weighted by atomic mass is 16.5. The number of nitrogens with zero attached hydrogens (tertiary/aromatic N) is 1. The van der Waals surface area contributed by atoms with Crippen LogP contribution in [0.25, 0.3) is 16.5 Å². The van der Waals surface area contributed by atoms with Crippen molar-refractivity contribution in [1.29, 1.82) is 0 Å². The molecule has 2 fully saturated rings. The van der Waals surface area contributed by atoms with Crippen LogP contribution in [0, 0.1) is 28.6 Å². The lowest BCUT2D eigenvalue weighted by Crippen LogP contribution is -2.62. The number of carbonyl (C=O) groups excluding carboxylic acids is 2. The van der Waals surface area contributed by atoms with E-state index >= 15 is 0 Å². The van der Waals surface area contributed by atoms with Crippen molar-refractivity contribution in [1.82, 2.24) is 9.88 Å². The maximum absolute atomic E-state index is 14.9. The van der Waals surface area contributed by atoms with Crippen LogP contribution in [0.1, 0.15) is 139 Å². The number of rotatable bonds is 7. The Kier molecular flexibility index (Phi) is 8.31. The number of fused-ring (bicyclic) bond motifs is 11. The van der Waals surface area contributed by atoms with E-state index in [2.05, 4.69) is 89.7 Å². The van der Waals surface area contributed by atoms with Crippen molar-refractivity contribution in [2.75, 3.05) is 6.54 Å². The molecule has 8 rings (SSSR count). The average molecular weight is 733 g/mol. The number of ketones is 1. The number of hydrogen-bond donors (Lipinski definition) is 3. The van der Waals surface area contributed by atoms with Gasteiger partial charge in [0, 0.05) is 45.5 Å². The van der Waals surface area contributed by atoms with Crippen molar-refractivity contribution >= 4 is 28.2 Å². The minimum Gasteiger partial charge on any atom is -0.392 e. The predicted octanol–water partition coefficient (Wildman–Crippen LogP) is 8.79. The monoisotopic (exact) mass is 732 g/mol. The number of aromatic nitrogens is 1. The zero-order valence-electron chi connectivity index (χ0n) is 33.9. The molecule has 7 nitrogen and oxygen atoms in total. The molecule has 1 aromatic heterocycles. The number of allylic oxidation sites excluding steroid dienone is 4. The van der Waals surface area contributed by atoms with E-state index in [4.69, 9.17) is 4.74 Å². The van der Waals surface area contributed by atoms with E-state index in [0.717, 1.165) is 58.9 Å². The molecule has 1 amide bonds. The molecule has 2 aliphatic heterocycles. The first-order chi connectivity index (χ1) is 25.3. The Hall–Kier alpha value is -3.52. The Morgan fingerprint density at radius 2 is 1.83 bits per heavy atom. The first-order valence-corrected chi connectivity index (χ1v) is 20.3. The van der Waals surface area contributed by atoms with Crippen LogP contribution in [-0.2, 0) is 21.4 Å². The van der Waals surface area contributed by atoms with E-state index < -0.39 is 34.9 Å². The fourth-order valence-corrected chi connectivity index (χ4v) is 13.1. The first-order valence-electron chi connectivity index (χ1n) is 20.3. The summed E-state index contributed by atoms with van der Waals surface area (Å²) >= 11 is 0. The Labute approximate surface area is 321 Å². The zero-order valence-corrected chi connectivity index (χ0v) is 33.9. The van der Waals surface area contributed by atoms with Gasteiger partial charge in [-0.15, -0.1) is 6.58 Å². The van der Waals surface area contributed by atoms with Crippen LogP contribution in [-0.4, -0.2) is 50.3 Å². The third kappa shape index (κ3) is 4.70. The second kappa shape index (κ2) is 12.0. The van der Waals surface area contributed by atoms with Crippen molar-refractivity contribution in [3.8, 4) is 0 Å². The summed E-state index contributed by atoms with van der Waals surface area (Å²) in [5, 5.41) is 28.1. The number of nitrogens with one attached hydrogen (secondary N) is 1. The molecule has 0 saturated heterocycles. The normalized spacial score (nSPS) is 37.1. The summed E-state index contributed by atoms with van der Waals surface area (Å²) in [6.45, 7) is 28.1. The molecular weight excluding hydrogens is 673 g/mol. The SMILES string of the molecule is C=CC/C(=C\C=C\[C@]1(C)[C@@H](O)CC[C@@]2(C)[C@H]1CCC1Cc3c(n4c5c(c6c(cc35)C3=CC(C)(C)OC(C)(C)C3[C@@H]6O)C(=O)[C@@H]4C(=C)C)[C@@]12C)C(=O)NCC. The summed E-state index contributed by atoms with van der Waals surface area (Å²) in [6, 6.07) is 1.77. The van der Waals surface area contributed by atoms with Crippen molar-refractivity contribution < 1.29 is 24.5 Å². The lowest BCUT2D eigenvalue weighted by atomic mass is 9.40. The van der Waals surface area contributed by atoms with E-state index in [1.54, 1.807) is 6.08 Å². The van der Waals surface area contributed by atoms with Gasteiger partial charge in [0.2, 0.25) is 5.91 Å². The van der Waals surface area contributed by atoms with Gasteiger partial charge < -0.3 is 24.8 Å². The fraction of sp³-hybridized carbons (Fsp3) is 0.574. The Bertz CT molecular complexity index is 2130. The molecule has 6 aliphatic rings.